The number of rotatable bonds is 5. The molecule has 0 spiro atoms. The third kappa shape index (κ3) is 5.52. The summed E-state index contributed by atoms with van der Waals surface area (Å²) < 4.78 is 22.4. The summed E-state index contributed by atoms with van der Waals surface area (Å²) in [6.45, 7) is 6.01. The van der Waals surface area contributed by atoms with E-state index in [1.807, 2.05) is 0 Å². The number of nitrogens with two attached hydrogens (primary N) is 1. The molecule has 0 radical (unpaired) electrons. The van der Waals surface area contributed by atoms with Gasteiger partial charge in [0.15, 0.2) is 0 Å². The van der Waals surface area contributed by atoms with Crippen LogP contribution >= 0.6 is 0 Å². The number of piperazine rings is 1. The number of carbonyl (C=O) groups excluding carboxylic acids is 2. The molecule has 1 fully saturated rings. The van der Waals surface area contributed by atoms with Gasteiger partial charge in [-0.15, -0.1) is 0 Å². The van der Waals surface area contributed by atoms with Gasteiger partial charge in [0.05, 0.1) is 4.90 Å². The molecule has 1 aromatic rings. The highest BCUT2D eigenvalue weighted by Gasteiger charge is 2.25. The molecule has 1 aliphatic rings. The maximum atomic E-state index is 12.1. The zero-order chi connectivity index (χ0) is 18.4. The van der Waals surface area contributed by atoms with Gasteiger partial charge in [0.25, 0.3) is 0 Å². The summed E-state index contributed by atoms with van der Waals surface area (Å²) in [7, 11) is -3.71. The van der Waals surface area contributed by atoms with E-state index < -0.39 is 21.8 Å². The molecule has 1 heterocycles. The Kier molecular flexibility index (Phi) is 6.51. The van der Waals surface area contributed by atoms with Gasteiger partial charge in [0.2, 0.25) is 10.0 Å². The second-order valence-corrected chi connectivity index (χ2v) is 7.48. The van der Waals surface area contributed by atoms with Crippen molar-refractivity contribution < 1.29 is 18.0 Å². The Balaban J connectivity index is 1.77. The number of sulfonamides is 1. The van der Waals surface area contributed by atoms with Gasteiger partial charge in [-0.1, -0.05) is 19.1 Å². The third-order valence-corrected chi connectivity index (χ3v) is 5.18. The lowest BCUT2D eigenvalue weighted by atomic mass is 10.1. The maximum Gasteiger partial charge on any atom is 0.311 e. The number of carbonyl (C=O) groups is 2. The number of nitrogens with zero attached hydrogens (tertiary/aromatic N) is 2. The summed E-state index contributed by atoms with van der Waals surface area (Å²) >= 11 is 0. The first-order chi connectivity index (χ1) is 11.8. The van der Waals surface area contributed by atoms with Crippen LogP contribution in [0.2, 0.25) is 0 Å². The third-order valence-electron chi connectivity index (χ3n) is 4.25. The topological polar surface area (TPSA) is 113 Å². The summed E-state index contributed by atoms with van der Waals surface area (Å²) in [6, 6.07) is 6.12. The predicted octanol–water partition coefficient (Wildman–Crippen LogP) is -0.843. The SMILES string of the molecule is CCN1CCN(C(=O)C(=O)NCCc2ccc(S(N)(=O)=O)cc2)CC1. The minimum Gasteiger partial charge on any atom is -0.347 e. The molecule has 8 nitrogen and oxygen atoms in total. The molecule has 25 heavy (non-hydrogen) atoms. The van der Waals surface area contributed by atoms with E-state index in [1.54, 1.807) is 17.0 Å². The molecule has 1 saturated heterocycles. The van der Waals surface area contributed by atoms with Crippen molar-refractivity contribution >= 4 is 21.8 Å². The molecule has 3 N–H and O–H groups in total. The van der Waals surface area contributed by atoms with Crippen molar-refractivity contribution in [1.82, 2.24) is 15.1 Å². The van der Waals surface area contributed by atoms with Crippen LogP contribution in [0, 0.1) is 0 Å². The molecule has 2 amide bonds. The smallest absolute Gasteiger partial charge is 0.311 e. The van der Waals surface area contributed by atoms with Crippen LogP contribution in [0.1, 0.15) is 12.5 Å². The molecule has 0 saturated carbocycles. The summed E-state index contributed by atoms with van der Waals surface area (Å²) in [5, 5.41) is 7.65. The Morgan fingerprint density at radius 1 is 1.12 bits per heavy atom. The van der Waals surface area contributed by atoms with Crippen LogP contribution < -0.4 is 10.5 Å². The molecule has 0 aliphatic carbocycles. The fourth-order valence-electron chi connectivity index (χ4n) is 2.65. The van der Waals surface area contributed by atoms with E-state index in [0.29, 0.717) is 26.1 Å². The molecule has 0 bridgehead atoms. The van der Waals surface area contributed by atoms with Crippen molar-refractivity contribution in [2.45, 2.75) is 18.2 Å². The number of likely N-dealkylation sites (N-methyl/N-ethyl adjacent to an activating group) is 1. The Bertz CT molecular complexity index is 710. The van der Waals surface area contributed by atoms with Gasteiger partial charge in [-0.2, -0.15) is 0 Å². The Morgan fingerprint density at radius 3 is 2.24 bits per heavy atom. The molecule has 1 aromatic carbocycles. The predicted molar refractivity (Wildman–Crippen MR) is 93.2 cm³/mol. The van der Waals surface area contributed by atoms with E-state index in [2.05, 4.69) is 17.1 Å². The molecule has 2 rings (SSSR count). The number of primary sulfonamides is 1. The molecule has 0 atom stereocenters. The van der Waals surface area contributed by atoms with Crippen molar-refractivity contribution in [3.63, 3.8) is 0 Å². The molecule has 0 aromatic heterocycles. The second kappa shape index (κ2) is 8.41. The monoisotopic (exact) mass is 368 g/mol. The van der Waals surface area contributed by atoms with Gasteiger partial charge in [-0.3, -0.25) is 9.59 Å². The van der Waals surface area contributed by atoms with Crippen LogP contribution in [0.25, 0.3) is 0 Å². The van der Waals surface area contributed by atoms with Crippen LogP contribution in [0.15, 0.2) is 29.2 Å². The summed E-state index contributed by atoms with van der Waals surface area (Å²) in [5.74, 6) is -1.11. The fourth-order valence-corrected chi connectivity index (χ4v) is 3.17. The Labute approximate surface area is 148 Å². The summed E-state index contributed by atoms with van der Waals surface area (Å²) in [5.41, 5.74) is 0.844. The van der Waals surface area contributed by atoms with Crippen molar-refractivity contribution in [2.75, 3.05) is 39.3 Å². The van der Waals surface area contributed by atoms with Gasteiger partial charge in [-0.25, -0.2) is 13.6 Å². The van der Waals surface area contributed by atoms with E-state index in [0.717, 1.165) is 25.2 Å². The largest absolute Gasteiger partial charge is 0.347 e. The Hall–Kier alpha value is -1.97. The van der Waals surface area contributed by atoms with Crippen LogP contribution in [-0.2, 0) is 26.0 Å². The molecule has 138 valence electrons. The van der Waals surface area contributed by atoms with Crippen LogP contribution in [0.5, 0.6) is 0 Å². The number of nitrogens with one attached hydrogen (secondary N) is 1. The highest BCUT2D eigenvalue weighted by Crippen LogP contribution is 2.09. The van der Waals surface area contributed by atoms with Crippen LogP contribution in [-0.4, -0.2) is 69.3 Å². The number of hydrogen-bond donors (Lipinski definition) is 2. The highest BCUT2D eigenvalue weighted by atomic mass is 32.2. The number of hydrogen-bond acceptors (Lipinski definition) is 5. The highest BCUT2D eigenvalue weighted by molar-refractivity contribution is 7.89. The lowest BCUT2D eigenvalue weighted by molar-refractivity contribution is -0.146. The maximum absolute atomic E-state index is 12.1. The standard InChI is InChI=1S/C16H24N4O4S/c1-2-19-9-11-20(12-10-19)16(22)15(21)18-8-7-13-3-5-14(6-4-13)25(17,23)24/h3-6H,2,7-12H2,1H3,(H,18,21)(H2,17,23,24). The van der Waals surface area contributed by atoms with Crippen molar-refractivity contribution in [1.29, 1.82) is 0 Å². The lowest BCUT2D eigenvalue weighted by Gasteiger charge is -2.33. The van der Waals surface area contributed by atoms with Crippen LogP contribution in [0.4, 0.5) is 0 Å². The van der Waals surface area contributed by atoms with E-state index >= 15 is 0 Å². The van der Waals surface area contributed by atoms with Gasteiger partial charge >= 0.3 is 11.8 Å². The Morgan fingerprint density at radius 2 is 1.72 bits per heavy atom. The van der Waals surface area contributed by atoms with Gasteiger partial charge in [-0.05, 0) is 30.7 Å². The van der Waals surface area contributed by atoms with Crippen molar-refractivity contribution in [3.8, 4) is 0 Å². The second-order valence-electron chi connectivity index (χ2n) is 5.92. The van der Waals surface area contributed by atoms with E-state index in [4.69, 9.17) is 5.14 Å². The van der Waals surface area contributed by atoms with E-state index in [-0.39, 0.29) is 4.90 Å². The molecule has 9 heteroatoms. The molecule has 1 aliphatic heterocycles. The van der Waals surface area contributed by atoms with Gasteiger partial charge < -0.3 is 15.1 Å². The molecular formula is C16H24N4O4S. The first kappa shape index (κ1) is 19.4. The van der Waals surface area contributed by atoms with Crippen molar-refractivity contribution in [2.24, 2.45) is 5.14 Å². The molecular weight excluding hydrogens is 344 g/mol. The first-order valence-electron chi connectivity index (χ1n) is 8.22. The minimum absolute atomic E-state index is 0.0432. The van der Waals surface area contributed by atoms with Crippen LogP contribution in [0.3, 0.4) is 0 Å². The zero-order valence-electron chi connectivity index (χ0n) is 14.3. The van der Waals surface area contributed by atoms with E-state index in [1.165, 1.54) is 12.1 Å². The first-order valence-corrected chi connectivity index (χ1v) is 9.77. The quantitative estimate of drug-likeness (QED) is 0.658. The van der Waals surface area contributed by atoms with Gasteiger partial charge in [0, 0.05) is 32.7 Å². The number of amides is 2. The average Bonchev–Trinajstić information content (AvgIpc) is 2.60. The normalized spacial score (nSPS) is 15.8. The van der Waals surface area contributed by atoms with Gasteiger partial charge in [0.1, 0.15) is 0 Å². The number of benzene rings is 1. The summed E-state index contributed by atoms with van der Waals surface area (Å²) in [4.78, 5) is 27.9. The zero-order valence-corrected chi connectivity index (χ0v) is 15.1. The lowest BCUT2D eigenvalue weighted by Crippen LogP contribution is -2.52. The fraction of sp³-hybridized carbons (Fsp3) is 0.500. The average molecular weight is 368 g/mol. The minimum atomic E-state index is -3.71. The molecule has 0 unspecified atom stereocenters. The van der Waals surface area contributed by atoms with Crippen molar-refractivity contribution in [3.05, 3.63) is 29.8 Å². The summed E-state index contributed by atoms with van der Waals surface area (Å²) in [6.07, 6.45) is 0.494. The van der Waals surface area contributed by atoms with E-state index in [9.17, 15) is 18.0 Å².